The Bertz CT molecular complexity index is 764. The fourth-order valence-corrected chi connectivity index (χ4v) is 7.49. The molecule has 28 heavy (non-hydrogen) atoms. The predicted octanol–water partition coefficient (Wildman–Crippen LogP) is 5.19. The van der Waals surface area contributed by atoms with Crippen LogP contribution >= 0.6 is 0 Å². The number of rotatable bonds is 7. The van der Waals surface area contributed by atoms with E-state index in [-0.39, 0.29) is 11.8 Å². The molecule has 2 rings (SSSR count). The van der Waals surface area contributed by atoms with Gasteiger partial charge in [0.2, 0.25) is 8.32 Å². The van der Waals surface area contributed by atoms with Crippen LogP contribution in [0.1, 0.15) is 50.9 Å². The van der Waals surface area contributed by atoms with Crippen LogP contribution in [-0.4, -0.2) is 31.4 Å². The molecule has 0 bridgehead atoms. The van der Waals surface area contributed by atoms with Crippen molar-refractivity contribution in [2.75, 3.05) is 0 Å². The maximum atomic E-state index is 12.7. The summed E-state index contributed by atoms with van der Waals surface area (Å²) in [7, 11) is -2.27. The zero-order chi connectivity index (χ0) is 20.9. The Hall–Kier alpha value is -2.21. The summed E-state index contributed by atoms with van der Waals surface area (Å²) in [5.74, 6) is -0.0151. The number of nitro groups is 1. The molecule has 7 heteroatoms. The van der Waals surface area contributed by atoms with Crippen molar-refractivity contribution in [2.24, 2.45) is 5.92 Å². The number of esters is 1. The van der Waals surface area contributed by atoms with Gasteiger partial charge >= 0.3 is 5.97 Å². The van der Waals surface area contributed by atoms with Crippen molar-refractivity contribution < 1.29 is 18.9 Å². The quantitative estimate of drug-likeness (QED) is 0.206. The molecule has 1 aliphatic rings. The topological polar surface area (TPSA) is 78.7 Å². The van der Waals surface area contributed by atoms with E-state index >= 15 is 0 Å². The molecule has 152 valence electrons. The SMILES string of the molecule is C=C=C1[C@H](OC(=O)c2ccc([N+](=O)[O-])cc2)C[C@@H](CC(C)C)O[Si]1(CC)CC. The molecule has 1 saturated heterocycles. The summed E-state index contributed by atoms with van der Waals surface area (Å²) in [5, 5.41) is 11.7. The summed E-state index contributed by atoms with van der Waals surface area (Å²) in [6.07, 6.45) is 1.12. The van der Waals surface area contributed by atoms with Crippen LogP contribution in [0.5, 0.6) is 0 Å². The highest BCUT2D eigenvalue weighted by Gasteiger charge is 2.47. The van der Waals surface area contributed by atoms with Gasteiger partial charge in [-0.2, -0.15) is 0 Å². The van der Waals surface area contributed by atoms with Crippen molar-refractivity contribution >= 4 is 20.0 Å². The highest BCUT2D eigenvalue weighted by Crippen LogP contribution is 2.39. The average molecular weight is 404 g/mol. The van der Waals surface area contributed by atoms with Crippen molar-refractivity contribution in [3.63, 3.8) is 0 Å². The lowest BCUT2D eigenvalue weighted by Crippen LogP contribution is -2.53. The van der Waals surface area contributed by atoms with Gasteiger partial charge in [-0.05, 0) is 36.6 Å². The maximum Gasteiger partial charge on any atom is 0.338 e. The molecular weight excluding hydrogens is 374 g/mol. The van der Waals surface area contributed by atoms with Crippen LogP contribution in [0.3, 0.4) is 0 Å². The predicted molar refractivity (Wildman–Crippen MR) is 111 cm³/mol. The van der Waals surface area contributed by atoms with E-state index in [1.807, 2.05) is 0 Å². The Balaban J connectivity index is 2.27. The van der Waals surface area contributed by atoms with Crippen molar-refractivity contribution in [1.29, 1.82) is 0 Å². The summed E-state index contributed by atoms with van der Waals surface area (Å²) in [5.41, 5.74) is 3.27. The number of benzene rings is 1. The minimum Gasteiger partial charge on any atom is -0.454 e. The van der Waals surface area contributed by atoms with Gasteiger partial charge in [0.25, 0.3) is 5.69 Å². The second-order valence-electron chi connectivity index (χ2n) is 7.59. The first kappa shape index (κ1) is 22.1. The van der Waals surface area contributed by atoms with Crippen molar-refractivity contribution in [1.82, 2.24) is 0 Å². The van der Waals surface area contributed by atoms with Crippen LogP contribution in [0, 0.1) is 16.0 Å². The maximum absolute atomic E-state index is 12.7. The van der Waals surface area contributed by atoms with Crippen LogP contribution in [-0.2, 0) is 9.16 Å². The molecule has 0 spiro atoms. The summed E-state index contributed by atoms with van der Waals surface area (Å²) in [6.45, 7) is 12.4. The average Bonchev–Trinajstić information content (AvgIpc) is 2.67. The van der Waals surface area contributed by atoms with Gasteiger partial charge in [-0.25, -0.2) is 4.79 Å². The first-order valence-corrected chi connectivity index (χ1v) is 12.1. The number of hydrogen-bond donors (Lipinski definition) is 0. The molecule has 1 aromatic carbocycles. The van der Waals surface area contributed by atoms with E-state index in [2.05, 4.69) is 40.0 Å². The first-order valence-electron chi connectivity index (χ1n) is 9.80. The molecule has 1 aromatic rings. The van der Waals surface area contributed by atoms with Gasteiger partial charge in [0.1, 0.15) is 6.10 Å². The van der Waals surface area contributed by atoms with Gasteiger partial charge in [-0.15, -0.1) is 5.73 Å². The van der Waals surface area contributed by atoms with E-state index in [0.717, 1.165) is 23.7 Å². The molecule has 1 heterocycles. The van der Waals surface area contributed by atoms with Gasteiger partial charge in [0.05, 0.1) is 10.5 Å². The summed E-state index contributed by atoms with van der Waals surface area (Å²) < 4.78 is 12.4. The Kier molecular flexibility index (Phi) is 7.35. The molecule has 0 aliphatic carbocycles. The Labute approximate surface area is 167 Å². The summed E-state index contributed by atoms with van der Waals surface area (Å²) in [4.78, 5) is 23.0. The monoisotopic (exact) mass is 403 g/mol. The summed E-state index contributed by atoms with van der Waals surface area (Å²) >= 11 is 0. The molecule has 0 radical (unpaired) electrons. The number of nitrogens with zero attached hydrogens (tertiary/aromatic N) is 1. The van der Waals surface area contributed by atoms with Crippen LogP contribution in [0.15, 0.2) is 41.8 Å². The van der Waals surface area contributed by atoms with Gasteiger partial charge in [0.15, 0.2) is 0 Å². The number of non-ortho nitro benzene ring substituents is 1. The van der Waals surface area contributed by atoms with E-state index < -0.39 is 25.3 Å². The van der Waals surface area contributed by atoms with E-state index in [0.29, 0.717) is 17.9 Å². The summed E-state index contributed by atoms with van der Waals surface area (Å²) in [6, 6.07) is 7.22. The first-order chi connectivity index (χ1) is 13.3. The fourth-order valence-electron chi connectivity index (χ4n) is 3.85. The minimum atomic E-state index is -2.27. The lowest BCUT2D eigenvalue weighted by molar-refractivity contribution is -0.384. The third kappa shape index (κ3) is 4.79. The third-order valence-electron chi connectivity index (χ3n) is 5.31. The second kappa shape index (κ2) is 9.32. The van der Waals surface area contributed by atoms with Gasteiger partial charge in [-0.1, -0.05) is 34.3 Å². The van der Waals surface area contributed by atoms with Gasteiger partial charge < -0.3 is 9.16 Å². The molecule has 0 unspecified atom stereocenters. The van der Waals surface area contributed by atoms with Gasteiger partial charge in [0, 0.05) is 29.9 Å². The second-order valence-corrected chi connectivity index (χ2v) is 11.8. The highest BCUT2D eigenvalue weighted by molar-refractivity contribution is 6.81. The van der Waals surface area contributed by atoms with Crippen LogP contribution in [0.2, 0.25) is 12.1 Å². The lowest BCUT2D eigenvalue weighted by Gasteiger charge is -2.44. The van der Waals surface area contributed by atoms with E-state index in [9.17, 15) is 14.9 Å². The number of ether oxygens (including phenoxy) is 1. The van der Waals surface area contributed by atoms with Crippen LogP contribution < -0.4 is 0 Å². The molecule has 0 saturated carbocycles. The van der Waals surface area contributed by atoms with Crippen molar-refractivity contribution in [3.05, 3.63) is 57.4 Å². The number of nitro benzene ring substituents is 1. The van der Waals surface area contributed by atoms with Crippen molar-refractivity contribution in [2.45, 2.75) is 64.8 Å². The molecule has 0 amide bonds. The molecule has 1 fully saturated rings. The molecule has 6 nitrogen and oxygen atoms in total. The van der Waals surface area contributed by atoms with Crippen molar-refractivity contribution in [3.8, 4) is 0 Å². The molecular formula is C21H29NO5Si. The molecule has 0 N–H and O–H groups in total. The largest absolute Gasteiger partial charge is 0.454 e. The third-order valence-corrected chi connectivity index (χ3v) is 9.86. The van der Waals surface area contributed by atoms with Crippen LogP contribution in [0.25, 0.3) is 0 Å². The lowest BCUT2D eigenvalue weighted by atomic mass is 10.0. The fraction of sp³-hybridized carbons (Fsp3) is 0.524. The Morgan fingerprint density at radius 2 is 1.96 bits per heavy atom. The van der Waals surface area contributed by atoms with Crippen LogP contribution in [0.4, 0.5) is 5.69 Å². The van der Waals surface area contributed by atoms with E-state index in [4.69, 9.17) is 9.16 Å². The minimum absolute atomic E-state index is 0.0401. The Morgan fingerprint density at radius 1 is 1.36 bits per heavy atom. The molecule has 0 aromatic heterocycles. The normalized spacial score (nSPS) is 21.2. The van der Waals surface area contributed by atoms with Gasteiger partial charge in [-0.3, -0.25) is 10.1 Å². The highest BCUT2D eigenvalue weighted by atomic mass is 28.4. The van der Waals surface area contributed by atoms with E-state index in [1.165, 1.54) is 24.3 Å². The standard InChI is InChI=1S/C21H29NO5Si/c1-6-20-19(14-18(13-15(4)5)27-28(20,7-2)8-3)26-21(23)16-9-11-17(12-10-16)22(24)25/h9-12,15,18-19H,1,7-8,13-14H2,2-5H3/t18-,19-/m1/s1. The Morgan fingerprint density at radius 3 is 2.43 bits per heavy atom. The number of carbonyl (C=O) groups excluding carboxylic acids is 1. The number of hydrogen-bond acceptors (Lipinski definition) is 5. The smallest absolute Gasteiger partial charge is 0.338 e. The molecule has 2 atom stereocenters. The number of carbonyl (C=O) groups is 1. The zero-order valence-corrected chi connectivity index (χ0v) is 18.1. The molecule has 1 aliphatic heterocycles. The zero-order valence-electron chi connectivity index (χ0n) is 17.1. The van der Waals surface area contributed by atoms with E-state index in [1.54, 1.807) is 0 Å².